The van der Waals surface area contributed by atoms with Crippen molar-refractivity contribution < 1.29 is 4.79 Å². The highest BCUT2D eigenvalue weighted by Crippen LogP contribution is 2.27. The maximum absolute atomic E-state index is 13.5. The first-order chi connectivity index (χ1) is 14.6. The highest BCUT2D eigenvalue weighted by atomic mass is 35.5. The van der Waals surface area contributed by atoms with Crippen molar-refractivity contribution in [2.75, 3.05) is 0 Å². The van der Waals surface area contributed by atoms with Crippen molar-refractivity contribution in [3.05, 3.63) is 93.7 Å². The van der Waals surface area contributed by atoms with Gasteiger partial charge in [0.2, 0.25) is 0 Å². The van der Waals surface area contributed by atoms with Crippen molar-refractivity contribution in [3.8, 4) is 0 Å². The van der Waals surface area contributed by atoms with Crippen molar-refractivity contribution >= 4 is 29.1 Å². The van der Waals surface area contributed by atoms with Gasteiger partial charge in [0, 0.05) is 40.1 Å². The third-order valence-corrected chi connectivity index (χ3v) is 6.32. The van der Waals surface area contributed by atoms with Crippen LogP contribution in [0.5, 0.6) is 0 Å². The third-order valence-electron chi connectivity index (χ3n) is 5.85. The number of benzene rings is 2. The van der Waals surface area contributed by atoms with Crippen molar-refractivity contribution in [1.82, 2.24) is 9.47 Å². The van der Waals surface area contributed by atoms with Gasteiger partial charge in [0.05, 0.1) is 6.54 Å². The van der Waals surface area contributed by atoms with Crippen molar-refractivity contribution in [2.24, 2.45) is 0 Å². The maximum Gasteiger partial charge on any atom is 0.254 e. The maximum atomic E-state index is 13.5. The number of nitrogens with zero attached hydrogens (tertiary/aromatic N) is 2. The second-order valence-electron chi connectivity index (χ2n) is 7.99. The Bertz CT molecular complexity index is 1010. The van der Waals surface area contributed by atoms with Crippen LogP contribution in [0.4, 0.5) is 0 Å². The Balaban J connectivity index is 1.59. The van der Waals surface area contributed by atoms with E-state index in [1.54, 1.807) is 12.1 Å². The number of carbonyl (C=O) groups excluding carboxylic acids is 1. The van der Waals surface area contributed by atoms with Gasteiger partial charge in [-0.3, -0.25) is 4.79 Å². The van der Waals surface area contributed by atoms with E-state index < -0.39 is 0 Å². The molecule has 1 aromatic heterocycles. The Kier molecular flexibility index (Phi) is 6.81. The number of carbonyl (C=O) groups is 1. The molecule has 3 aromatic rings. The summed E-state index contributed by atoms with van der Waals surface area (Å²) in [6.07, 6.45) is 7.78. The standard InChI is InChI=1S/C25H26Cl2N2O/c26-21-9-4-7-19(15-21)17-28-14-6-13-24(28)18-29(23-11-2-1-3-12-23)25(30)20-8-5-10-22(27)16-20/h4-10,13-16,23H,1-3,11-12,17-18H2. The molecule has 1 fully saturated rings. The zero-order valence-electron chi connectivity index (χ0n) is 16.9. The molecule has 5 heteroatoms. The van der Waals surface area contributed by atoms with Crippen LogP contribution in [-0.2, 0) is 13.1 Å². The third kappa shape index (κ3) is 5.08. The SMILES string of the molecule is O=C(c1cccc(Cl)c1)N(Cc1cccn1Cc1cccc(Cl)c1)C1CCCCC1. The zero-order valence-corrected chi connectivity index (χ0v) is 18.4. The van der Waals surface area contributed by atoms with Gasteiger partial charge < -0.3 is 9.47 Å². The smallest absolute Gasteiger partial charge is 0.254 e. The molecule has 0 unspecified atom stereocenters. The average Bonchev–Trinajstić information content (AvgIpc) is 3.19. The van der Waals surface area contributed by atoms with Gasteiger partial charge in [-0.1, -0.05) is 60.7 Å². The summed E-state index contributed by atoms with van der Waals surface area (Å²) in [5.74, 6) is 0.0555. The Morgan fingerprint density at radius 3 is 2.40 bits per heavy atom. The lowest BCUT2D eigenvalue weighted by atomic mass is 9.93. The van der Waals surface area contributed by atoms with E-state index in [1.807, 2.05) is 36.4 Å². The summed E-state index contributed by atoms with van der Waals surface area (Å²) in [6, 6.07) is 19.6. The fourth-order valence-corrected chi connectivity index (χ4v) is 4.70. The lowest BCUT2D eigenvalue weighted by Gasteiger charge is -2.35. The first kappa shape index (κ1) is 21.0. The Morgan fingerprint density at radius 1 is 0.933 bits per heavy atom. The van der Waals surface area contributed by atoms with Crippen LogP contribution in [0.3, 0.4) is 0 Å². The number of amides is 1. The predicted octanol–water partition coefficient (Wildman–Crippen LogP) is 6.82. The van der Waals surface area contributed by atoms with E-state index in [1.165, 1.54) is 19.3 Å². The fourth-order valence-electron chi connectivity index (χ4n) is 4.30. The Hall–Kier alpha value is -2.23. The molecule has 156 valence electrons. The normalized spacial score (nSPS) is 14.6. The molecule has 0 aliphatic heterocycles. The minimum Gasteiger partial charge on any atom is -0.345 e. The monoisotopic (exact) mass is 440 g/mol. The minimum atomic E-state index is 0.0555. The highest BCUT2D eigenvalue weighted by molar-refractivity contribution is 6.31. The second-order valence-corrected chi connectivity index (χ2v) is 8.87. The largest absolute Gasteiger partial charge is 0.345 e. The Labute approximate surface area is 188 Å². The van der Waals surface area contributed by atoms with E-state index in [9.17, 15) is 4.79 Å². The number of rotatable bonds is 6. The van der Waals surface area contributed by atoms with Crippen LogP contribution in [0, 0.1) is 0 Å². The first-order valence-corrected chi connectivity index (χ1v) is 11.3. The van der Waals surface area contributed by atoms with Gasteiger partial charge in [0.15, 0.2) is 0 Å². The molecule has 1 aliphatic rings. The molecule has 1 heterocycles. The molecule has 1 aliphatic carbocycles. The van der Waals surface area contributed by atoms with E-state index in [4.69, 9.17) is 23.2 Å². The van der Waals surface area contributed by atoms with Crippen LogP contribution >= 0.6 is 23.2 Å². The van der Waals surface area contributed by atoms with Gasteiger partial charge in [0.1, 0.15) is 0 Å². The quantitative estimate of drug-likeness (QED) is 0.412. The summed E-state index contributed by atoms with van der Waals surface area (Å²) in [4.78, 5) is 15.5. The molecule has 0 atom stereocenters. The summed E-state index contributed by atoms with van der Waals surface area (Å²) in [5.41, 5.74) is 2.92. The van der Waals surface area contributed by atoms with Gasteiger partial charge >= 0.3 is 0 Å². The minimum absolute atomic E-state index is 0.0555. The van der Waals surface area contributed by atoms with E-state index >= 15 is 0 Å². The number of halogens is 2. The topological polar surface area (TPSA) is 25.2 Å². The summed E-state index contributed by atoms with van der Waals surface area (Å²) in [6.45, 7) is 1.32. The summed E-state index contributed by atoms with van der Waals surface area (Å²) in [7, 11) is 0. The van der Waals surface area contributed by atoms with Crippen LogP contribution in [0.2, 0.25) is 10.0 Å². The molecule has 1 saturated carbocycles. The van der Waals surface area contributed by atoms with Gasteiger partial charge in [-0.05, 0) is 60.9 Å². The summed E-state index contributed by atoms with van der Waals surface area (Å²) >= 11 is 12.3. The molecular weight excluding hydrogens is 415 g/mol. The van der Waals surface area contributed by atoms with Crippen LogP contribution in [-0.4, -0.2) is 21.4 Å². The molecular formula is C25H26Cl2N2O. The van der Waals surface area contributed by atoms with Gasteiger partial charge in [-0.15, -0.1) is 0 Å². The molecule has 4 rings (SSSR count). The predicted molar refractivity (Wildman–Crippen MR) is 123 cm³/mol. The van der Waals surface area contributed by atoms with Crippen LogP contribution in [0.1, 0.15) is 53.7 Å². The summed E-state index contributed by atoms with van der Waals surface area (Å²) in [5, 5.41) is 1.33. The lowest BCUT2D eigenvalue weighted by molar-refractivity contribution is 0.0608. The molecule has 0 saturated heterocycles. The molecule has 2 aromatic carbocycles. The molecule has 30 heavy (non-hydrogen) atoms. The molecule has 3 nitrogen and oxygen atoms in total. The van der Waals surface area contributed by atoms with Gasteiger partial charge in [-0.25, -0.2) is 0 Å². The van der Waals surface area contributed by atoms with Crippen LogP contribution in [0.15, 0.2) is 66.9 Å². The van der Waals surface area contributed by atoms with Gasteiger partial charge in [-0.2, -0.15) is 0 Å². The van der Waals surface area contributed by atoms with Crippen LogP contribution in [0.25, 0.3) is 0 Å². The first-order valence-electron chi connectivity index (χ1n) is 10.5. The van der Waals surface area contributed by atoms with Gasteiger partial charge in [0.25, 0.3) is 5.91 Å². The van der Waals surface area contributed by atoms with Crippen LogP contribution < -0.4 is 0 Å². The molecule has 1 amide bonds. The second kappa shape index (κ2) is 9.72. The van der Waals surface area contributed by atoms with E-state index in [-0.39, 0.29) is 11.9 Å². The molecule has 0 bridgehead atoms. The average molecular weight is 441 g/mol. The lowest BCUT2D eigenvalue weighted by Crippen LogP contribution is -2.41. The molecule has 0 radical (unpaired) electrons. The van der Waals surface area contributed by atoms with E-state index in [0.717, 1.165) is 35.7 Å². The Morgan fingerprint density at radius 2 is 1.67 bits per heavy atom. The highest BCUT2D eigenvalue weighted by Gasteiger charge is 2.27. The fraction of sp³-hybridized carbons (Fsp3) is 0.320. The number of hydrogen-bond acceptors (Lipinski definition) is 1. The van der Waals surface area contributed by atoms with Crippen molar-refractivity contribution in [1.29, 1.82) is 0 Å². The van der Waals surface area contributed by atoms with E-state index in [2.05, 4.69) is 27.8 Å². The van der Waals surface area contributed by atoms with E-state index in [0.29, 0.717) is 17.1 Å². The number of hydrogen-bond donors (Lipinski definition) is 0. The van der Waals surface area contributed by atoms with Crippen molar-refractivity contribution in [3.63, 3.8) is 0 Å². The number of aromatic nitrogens is 1. The molecule has 0 N–H and O–H groups in total. The molecule has 0 spiro atoms. The zero-order chi connectivity index (χ0) is 20.9. The summed E-state index contributed by atoms with van der Waals surface area (Å²) < 4.78 is 2.20. The van der Waals surface area contributed by atoms with Crippen molar-refractivity contribution in [2.45, 2.75) is 51.2 Å².